The molecule has 0 aromatic carbocycles. The highest BCUT2D eigenvalue weighted by Gasteiger charge is 2.32. The van der Waals surface area contributed by atoms with Gasteiger partial charge >= 0.3 is 0 Å². The largest absolute Gasteiger partial charge is 0.325 e. The second-order valence-electron chi connectivity index (χ2n) is 5.93. The standard InChI is InChI=1S/C14H29NO2S/c1-3-5-6-13-7-9-14(15,10-8-13)11-12-18(16,17)4-2/h13H,3-12,15H2,1-2H3. The Balaban J connectivity index is 2.35. The van der Waals surface area contributed by atoms with Crippen LogP contribution in [0, 0.1) is 5.92 Å². The van der Waals surface area contributed by atoms with Crippen LogP contribution in [0.1, 0.15) is 65.2 Å². The van der Waals surface area contributed by atoms with Crippen molar-refractivity contribution < 1.29 is 8.42 Å². The zero-order chi connectivity index (χ0) is 13.6. The molecule has 0 aliphatic heterocycles. The van der Waals surface area contributed by atoms with Crippen molar-refractivity contribution >= 4 is 9.84 Å². The molecule has 0 radical (unpaired) electrons. The van der Waals surface area contributed by atoms with Crippen LogP contribution in [-0.2, 0) is 9.84 Å². The smallest absolute Gasteiger partial charge is 0.150 e. The quantitative estimate of drug-likeness (QED) is 0.777. The Labute approximate surface area is 112 Å². The first-order valence-electron chi connectivity index (χ1n) is 7.40. The molecule has 0 aromatic heterocycles. The van der Waals surface area contributed by atoms with Crippen LogP contribution in [0.2, 0.25) is 0 Å². The first kappa shape index (κ1) is 16.0. The van der Waals surface area contributed by atoms with Gasteiger partial charge < -0.3 is 5.73 Å². The zero-order valence-electron chi connectivity index (χ0n) is 12.0. The molecule has 0 spiro atoms. The van der Waals surface area contributed by atoms with Crippen molar-refractivity contribution in [1.82, 2.24) is 0 Å². The van der Waals surface area contributed by atoms with Gasteiger partial charge in [0, 0.05) is 11.3 Å². The van der Waals surface area contributed by atoms with E-state index < -0.39 is 9.84 Å². The summed E-state index contributed by atoms with van der Waals surface area (Å²) in [5.41, 5.74) is 6.13. The highest BCUT2D eigenvalue weighted by atomic mass is 32.2. The molecule has 108 valence electrons. The van der Waals surface area contributed by atoms with Gasteiger partial charge in [-0.15, -0.1) is 0 Å². The summed E-state index contributed by atoms with van der Waals surface area (Å²) < 4.78 is 23.1. The van der Waals surface area contributed by atoms with Crippen molar-refractivity contribution in [3.63, 3.8) is 0 Å². The normalized spacial score (nSPS) is 29.4. The maximum absolute atomic E-state index is 11.5. The fourth-order valence-electron chi connectivity index (χ4n) is 2.79. The molecule has 0 aromatic rings. The summed E-state index contributed by atoms with van der Waals surface area (Å²) in [6.07, 6.45) is 8.90. The van der Waals surface area contributed by atoms with Crippen LogP contribution in [0.15, 0.2) is 0 Å². The summed E-state index contributed by atoms with van der Waals surface area (Å²) in [6.45, 7) is 3.94. The Kier molecular flexibility index (Phi) is 6.12. The van der Waals surface area contributed by atoms with Crippen LogP contribution < -0.4 is 5.73 Å². The molecular formula is C14H29NO2S. The lowest BCUT2D eigenvalue weighted by Gasteiger charge is -2.37. The number of hydrogen-bond donors (Lipinski definition) is 1. The fourth-order valence-corrected chi connectivity index (χ4v) is 3.79. The molecule has 1 fully saturated rings. The summed E-state index contributed by atoms with van der Waals surface area (Å²) in [5.74, 6) is 1.33. The van der Waals surface area contributed by atoms with Crippen LogP contribution >= 0.6 is 0 Å². The van der Waals surface area contributed by atoms with Gasteiger partial charge in [0.15, 0.2) is 0 Å². The van der Waals surface area contributed by atoms with Gasteiger partial charge in [0.05, 0.1) is 5.75 Å². The van der Waals surface area contributed by atoms with Crippen molar-refractivity contribution in [1.29, 1.82) is 0 Å². The third-order valence-electron chi connectivity index (χ3n) is 4.42. The summed E-state index contributed by atoms with van der Waals surface area (Å²) in [6, 6.07) is 0. The van der Waals surface area contributed by atoms with Gasteiger partial charge in [-0.25, -0.2) is 8.42 Å². The molecule has 0 heterocycles. The number of nitrogens with two attached hydrogens (primary N) is 1. The molecule has 3 nitrogen and oxygen atoms in total. The molecule has 1 aliphatic rings. The van der Waals surface area contributed by atoms with Gasteiger partial charge in [0.1, 0.15) is 9.84 Å². The second-order valence-corrected chi connectivity index (χ2v) is 8.41. The first-order valence-corrected chi connectivity index (χ1v) is 9.22. The van der Waals surface area contributed by atoms with E-state index in [0.29, 0.717) is 6.42 Å². The molecule has 1 saturated carbocycles. The van der Waals surface area contributed by atoms with Crippen LogP contribution in [-0.4, -0.2) is 25.5 Å². The zero-order valence-corrected chi connectivity index (χ0v) is 12.8. The topological polar surface area (TPSA) is 60.2 Å². The van der Waals surface area contributed by atoms with Crippen molar-refractivity contribution in [2.24, 2.45) is 11.7 Å². The molecule has 0 saturated heterocycles. The van der Waals surface area contributed by atoms with E-state index in [-0.39, 0.29) is 17.0 Å². The minimum atomic E-state index is -2.86. The predicted molar refractivity (Wildman–Crippen MR) is 77.3 cm³/mol. The number of unbranched alkanes of at least 4 members (excludes halogenated alkanes) is 1. The maximum Gasteiger partial charge on any atom is 0.150 e. The highest BCUT2D eigenvalue weighted by Crippen LogP contribution is 2.35. The monoisotopic (exact) mass is 275 g/mol. The lowest BCUT2D eigenvalue weighted by Crippen LogP contribution is -2.44. The van der Waals surface area contributed by atoms with Gasteiger partial charge in [0.25, 0.3) is 0 Å². The Morgan fingerprint density at radius 3 is 2.33 bits per heavy atom. The summed E-state index contributed by atoms with van der Waals surface area (Å²) in [7, 11) is -2.86. The average molecular weight is 275 g/mol. The molecule has 1 aliphatic carbocycles. The van der Waals surface area contributed by atoms with Gasteiger partial charge in [-0.1, -0.05) is 33.1 Å². The lowest BCUT2D eigenvalue weighted by molar-refractivity contribution is 0.218. The van der Waals surface area contributed by atoms with Crippen molar-refractivity contribution in [3.8, 4) is 0 Å². The van der Waals surface area contributed by atoms with Crippen LogP contribution in [0.4, 0.5) is 0 Å². The lowest BCUT2D eigenvalue weighted by atomic mass is 9.74. The molecule has 0 bridgehead atoms. The summed E-state index contributed by atoms with van der Waals surface area (Å²) in [4.78, 5) is 0. The van der Waals surface area contributed by atoms with E-state index in [1.54, 1.807) is 6.92 Å². The SMILES string of the molecule is CCCCC1CCC(N)(CCS(=O)(=O)CC)CC1. The number of sulfone groups is 1. The molecular weight excluding hydrogens is 246 g/mol. The van der Waals surface area contributed by atoms with E-state index in [1.165, 1.54) is 32.1 Å². The van der Waals surface area contributed by atoms with E-state index >= 15 is 0 Å². The Bertz CT molecular complexity index is 330. The number of hydrogen-bond acceptors (Lipinski definition) is 3. The van der Waals surface area contributed by atoms with E-state index in [4.69, 9.17) is 5.73 Å². The maximum atomic E-state index is 11.5. The summed E-state index contributed by atoms with van der Waals surface area (Å²) in [5, 5.41) is 0. The van der Waals surface area contributed by atoms with Gasteiger partial charge in [-0.05, 0) is 38.0 Å². The van der Waals surface area contributed by atoms with Gasteiger partial charge in [-0.2, -0.15) is 0 Å². The minimum absolute atomic E-state index is 0.217. The summed E-state index contributed by atoms with van der Waals surface area (Å²) >= 11 is 0. The average Bonchev–Trinajstić information content (AvgIpc) is 2.36. The molecule has 18 heavy (non-hydrogen) atoms. The highest BCUT2D eigenvalue weighted by molar-refractivity contribution is 7.91. The van der Waals surface area contributed by atoms with Crippen molar-refractivity contribution in [2.75, 3.05) is 11.5 Å². The van der Waals surface area contributed by atoms with Crippen LogP contribution in [0.3, 0.4) is 0 Å². The van der Waals surface area contributed by atoms with Crippen molar-refractivity contribution in [3.05, 3.63) is 0 Å². The molecule has 0 unspecified atom stereocenters. The first-order chi connectivity index (χ1) is 8.41. The van der Waals surface area contributed by atoms with Crippen LogP contribution in [0.5, 0.6) is 0 Å². The Morgan fingerprint density at radius 1 is 1.22 bits per heavy atom. The van der Waals surface area contributed by atoms with E-state index in [2.05, 4.69) is 6.92 Å². The molecule has 0 atom stereocenters. The third kappa shape index (κ3) is 5.27. The molecule has 1 rings (SSSR count). The Morgan fingerprint density at radius 2 is 1.83 bits per heavy atom. The Hall–Kier alpha value is -0.0900. The van der Waals surface area contributed by atoms with E-state index in [1.807, 2.05) is 0 Å². The second kappa shape index (κ2) is 6.90. The number of rotatable bonds is 7. The minimum Gasteiger partial charge on any atom is -0.325 e. The molecule has 0 amide bonds. The predicted octanol–water partition coefficient (Wildman–Crippen LogP) is 2.89. The van der Waals surface area contributed by atoms with Crippen molar-refractivity contribution in [2.45, 2.75) is 70.8 Å². The third-order valence-corrected chi connectivity index (χ3v) is 6.12. The van der Waals surface area contributed by atoms with Gasteiger partial charge in [0.2, 0.25) is 0 Å². The fraction of sp³-hybridized carbons (Fsp3) is 1.00. The van der Waals surface area contributed by atoms with Gasteiger partial charge in [-0.3, -0.25) is 0 Å². The van der Waals surface area contributed by atoms with E-state index in [9.17, 15) is 8.42 Å². The van der Waals surface area contributed by atoms with E-state index in [0.717, 1.165) is 18.8 Å². The molecule has 2 N–H and O–H groups in total. The van der Waals surface area contributed by atoms with Crippen LogP contribution in [0.25, 0.3) is 0 Å². The molecule has 4 heteroatoms.